The van der Waals surface area contributed by atoms with Crippen molar-refractivity contribution >= 4 is 0 Å². The van der Waals surface area contributed by atoms with E-state index in [0.717, 1.165) is 5.92 Å². The van der Waals surface area contributed by atoms with Crippen molar-refractivity contribution in [1.29, 1.82) is 0 Å². The van der Waals surface area contributed by atoms with Crippen molar-refractivity contribution in [2.75, 3.05) is 19.6 Å². The van der Waals surface area contributed by atoms with Gasteiger partial charge in [0.2, 0.25) is 0 Å². The van der Waals surface area contributed by atoms with E-state index in [0.29, 0.717) is 0 Å². The van der Waals surface area contributed by atoms with Crippen LogP contribution in [0.25, 0.3) is 0 Å². The van der Waals surface area contributed by atoms with Crippen LogP contribution in [0.5, 0.6) is 0 Å². The third-order valence-corrected chi connectivity index (χ3v) is 5.25. The Kier molecular flexibility index (Phi) is 12.3. The summed E-state index contributed by atoms with van der Waals surface area (Å²) in [6, 6.07) is 0. The maximum absolute atomic E-state index is 2.73. The molecule has 0 radical (unpaired) electrons. The summed E-state index contributed by atoms with van der Waals surface area (Å²) in [5.74, 6) is 1.05. The lowest BCUT2D eigenvalue weighted by Gasteiger charge is -2.32. The molecular formula is C20H41N. The molecule has 1 heteroatoms. The zero-order valence-corrected chi connectivity index (χ0v) is 15.0. The van der Waals surface area contributed by atoms with E-state index in [1.807, 2.05) is 0 Å². The van der Waals surface area contributed by atoms with Crippen molar-refractivity contribution in [3.05, 3.63) is 0 Å². The second-order valence-corrected chi connectivity index (χ2v) is 7.26. The Bertz CT molecular complexity index is 206. The van der Waals surface area contributed by atoms with E-state index in [1.165, 1.54) is 110 Å². The van der Waals surface area contributed by atoms with Crippen molar-refractivity contribution in [1.82, 2.24) is 4.90 Å². The van der Waals surface area contributed by atoms with E-state index in [9.17, 15) is 0 Å². The van der Waals surface area contributed by atoms with Crippen LogP contribution >= 0.6 is 0 Å². The molecule has 0 amide bonds. The van der Waals surface area contributed by atoms with Gasteiger partial charge in [-0.2, -0.15) is 0 Å². The predicted octanol–water partition coefficient (Wildman–Crippen LogP) is 6.42. The molecule has 1 nitrogen and oxygen atoms in total. The highest BCUT2D eigenvalue weighted by Crippen LogP contribution is 2.22. The number of unbranched alkanes of at least 4 members (excludes halogenated alkanes) is 9. The van der Waals surface area contributed by atoms with Gasteiger partial charge in [-0.1, -0.05) is 84.5 Å². The minimum atomic E-state index is 1.05. The first-order chi connectivity index (χ1) is 10.4. The van der Waals surface area contributed by atoms with Crippen LogP contribution in [0.2, 0.25) is 0 Å². The van der Waals surface area contributed by atoms with E-state index in [1.54, 1.807) is 0 Å². The summed E-state index contributed by atoms with van der Waals surface area (Å²) in [5, 5.41) is 0. The standard InChI is InChI=1S/C20H41N/c1-3-5-7-8-9-10-11-12-13-17-21-18-15-20(16-19-21)14-6-4-2/h20H,3-19H2,1-2H3. The Morgan fingerprint density at radius 3 is 1.76 bits per heavy atom. The molecule has 0 aromatic carbocycles. The first-order valence-corrected chi connectivity index (χ1v) is 10.1. The number of rotatable bonds is 13. The highest BCUT2D eigenvalue weighted by atomic mass is 15.1. The molecule has 1 fully saturated rings. The Morgan fingerprint density at radius 1 is 0.667 bits per heavy atom. The van der Waals surface area contributed by atoms with Gasteiger partial charge in [0, 0.05) is 0 Å². The van der Waals surface area contributed by atoms with E-state index in [2.05, 4.69) is 18.7 Å². The van der Waals surface area contributed by atoms with Crippen molar-refractivity contribution in [3.8, 4) is 0 Å². The van der Waals surface area contributed by atoms with E-state index < -0.39 is 0 Å². The molecule has 0 bridgehead atoms. The normalized spacial score (nSPS) is 17.4. The summed E-state index contributed by atoms with van der Waals surface area (Å²) >= 11 is 0. The highest BCUT2D eigenvalue weighted by molar-refractivity contribution is 4.72. The lowest BCUT2D eigenvalue weighted by atomic mass is 9.91. The van der Waals surface area contributed by atoms with Crippen molar-refractivity contribution in [2.24, 2.45) is 5.92 Å². The van der Waals surface area contributed by atoms with Gasteiger partial charge in [0.25, 0.3) is 0 Å². The lowest BCUT2D eigenvalue weighted by Crippen LogP contribution is -2.34. The van der Waals surface area contributed by atoms with Crippen molar-refractivity contribution < 1.29 is 0 Å². The predicted molar refractivity (Wildman–Crippen MR) is 95.9 cm³/mol. The fourth-order valence-electron chi connectivity index (χ4n) is 3.64. The van der Waals surface area contributed by atoms with E-state index in [-0.39, 0.29) is 0 Å². The SMILES string of the molecule is CCCCCCCCCCCN1CCC(CCCC)CC1. The maximum Gasteiger partial charge on any atom is -0.00161 e. The van der Waals surface area contributed by atoms with Gasteiger partial charge in [-0.3, -0.25) is 0 Å². The first-order valence-electron chi connectivity index (χ1n) is 10.1. The largest absolute Gasteiger partial charge is 0.303 e. The molecule has 0 aromatic rings. The summed E-state index contributed by atoms with van der Waals surface area (Å²) in [7, 11) is 0. The second-order valence-electron chi connectivity index (χ2n) is 7.26. The molecule has 1 aliphatic heterocycles. The van der Waals surface area contributed by atoms with Gasteiger partial charge in [0.15, 0.2) is 0 Å². The lowest BCUT2D eigenvalue weighted by molar-refractivity contribution is 0.174. The molecule has 0 unspecified atom stereocenters. The molecule has 1 heterocycles. The van der Waals surface area contributed by atoms with Gasteiger partial charge in [-0.15, -0.1) is 0 Å². The van der Waals surface area contributed by atoms with Gasteiger partial charge in [-0.05, 0) is 44.8 Å². The molecule has 0 aliphatic carbocycles. The first kappa shape index (κ1) is 19.0. The third-order valence-electron chi connectivity index (χ3n) is 5.25. The minimum Gasteiger partial charge on any atom is -0.303 e. The van der Waals surface area contributed by atoms with Gasteiger partial charge >= 0.3 is 0 Å². The molecule has 126 valence electrons. The molecule has 1 saturated heterocycles. The molecule has 0 atom stereocenters. The summed E-state index contributed by atoms with van der Waals surface area (Å²) in [6.07, 6.45) is 20.3. The van der Waals surface area contributed by atoms with Crippen LogP contribution in [-0.4, -0.2) is 24.5 Å². The van der Waals surface area contributed by atoms with Crippen LogP contribution < -0.4 is 0 Å². The quantitative estimate of drug-likeness (QED) is 0.354. The average molecular weight is 296 g/mol. The van der Waals surface area contributed by atoms with Crippen LogP contribution in [0.3, 0.4) is 0 Å². The van der Waals surface area contributed by atoms with Crippen LogP contribution in [-0.2, 0) is 0 Å². The van der Waals surface area contributed by atoms with Crippen LogP contribution in [0.1, 0.15) is 104 Å². The Labute approximate surface area is 134 Å². The number of likely N-dealkylation sites (tertiary alicyclic amines) is 1. The fourth-order valence-corrected chi connectivity index (χ4v) is 3.64. The van der Waals surface area contributed by atoms with Gasteiger partial charge < -0.3 is 4.90 Å². The fraction of sp³-hybridized carbons (Fsp3) is 1.00. The molecule has 0 spiro atoms. The summed E-state index contributed by atoms with van der Waals surface area (Å²) in [5.41, 5.74) is 0. The zero-order chi connectivity index (χ0) is 15.2. The van der Waals surface area contributed by atoms with Crippen molar-refractivity contribution in [2.45, 2.75) is 104 Å². The third kappa shape index (κ3) is 10.3. The van der Waals surface area contributed by atoms with Crippen LogP contribution in [0, 0.1) is 5.92 Å². The van der Waals surface area contributed by atoms with Crippen LogP contribution in [0.4, 0.5) is 0 Å². The second kappa shape index (κ2) is 13.6. The zero-order valence-electron chi connectivity index (χ0n) is 15.0. The molecular weight excluding hydrogens is 254 g/mol. The minimum absolute atomic E-state index is 1.05. The van der Waals surface area contributed by atoms with Gasteiger partial charge in [0.05, 0.1) is 0 Å². The molecule has 1 aliphatic rings. The molecule has 1 rings (SSSR count). The molecule has 21 heavy (non-hydrogen) atoms. The Balaban J connectivity index is 1.84. The molecule has 0 saturated carbocycles. The van der Waals surface area contributed by atoms with E-state index >= 15 is 0 Å². The number of nitrogens with zero attached hydrogens (tertiary/aromatic N) is 1. The molecule has 0 aromatic heterocycles. The average Bonchev–Trinajstić information content (AvgIpc) is 2.52. The smallest absolute Gasteiger partial charge is 0.00161 e. The topological polar surface area (TPSA) is 3.24 Å². The summed E-state index contributed by atoms with van der Waals surface area (Å²) in [4.78, 5) is 2.73. The van der Waals surface area contributed by atoms with E-state index in [4.69, 9.17) is 0 Å². The summed E-state index contributed by atoms with van der Waals surface area (Å²) < 4.78 is 0. The Hall–Kier alpha value is -0.0400. The van der Waals surface area contributed by atoms with Crippen LogP contribution in [0.15, 0.2) is 0 Å². The molecule has 0 N–H and O–H groups in total. The maximum atomic E-state index is 2.73. The Morgan fingerprint density at radius 2 is 1.19 bits per heavy atom. The number of hydrogen-bond acceptors (Lipinski definition) is 1. The summed E-state index contributed by atoms with van der Waals surface area (Å²) in [6.45, 7) is 8.75. The monoisotopic (exact) mass is 295 g/mol. The van der Waals surface area contributed by atoms with Crippen molar-refractivity contribution in [3.63, 3.8) is 0 Å². The number of piperidine rings is 1. The van der Waals surface area contributed by atoms with Gasteiger partial charge in [-0.25, -0.2) is 0 Å². The van der Waals surface area contributed by atoms with Gasteiger partial charge in [0.1, 0.15) is 0 Å². The highest BCUT2D eigenvalue weighted by Gasteiger charge is 2.17. The number of hydrogen-bond donors (Lipinski definition) is 0.